The number of carbonyl (C=O) groups is 1. The van der Waals surface area contributed by atoms with Crippen molar-refractivity contribution in [2.24, 2.45) is 5.92 Å². The van der Waals surface area contributed by atoms with Crippen LogP contribution in [-0.4, -0.2) is 6.29 Å². The maximum absolute atomic E-state index is 10.8. The average Bonchev–Trinajstić information content (AvgIpc) is 2.92. The molecule has 0 radical (unpaired) electrons. The normalized spacial score (nSPS) is 18.7. The molecule has 1 nitrogen and oxygen atoms in total. The van der Waals surface area contributed by atoms with E-state index in [1.807, 2.05) is 30.3 Å². The predicted octanol–water partition coefficient (Wildman–Crippen LogP) is 2.38. The van der Waals surface area contributed by atoms with Gasteiger partial charge in [-0.1, -0.05) is 30.3 Å². The van der Waals surface area contributed by atoms with Crippen LogP contribution in [0.4, 0.5) is 0 Å². The topological polar surface area (TPSA) is 17.1 Å². The van der Waals surface area contributed by atoms with E-state index in [2.05, 4.69) is 0 Å². The van der Waals surface area contributed by atoms with Crippen molar-refractivity contribution >= 4 is 6.29 Å². The van der Waals surface area contributed by atoms with Crippen molar-refractivity contribution in [3.63, 3.8) is 0 Å². The minimum atomic E-state index is 0.159. The molecule has 1 atom stereocenters. The van der Waals surface area contributed by atoms with Crippen LogP contribution in [0.15, 0.2) is 30.3 Å². The van der Waals surface area contributed by atoms with Crippen molar-refractivity contribution in [3.8, 4) is 0 Å². The Hall–Kier alpha value is -1.11. The molecule has 1 saturated carbocycles. The van der Waals surface area contributed by atoms with Gasteiger partial charge in [0.1, 0.15) is 6.29 Å². The molecule has 1 fully saturated rings. The first-order valence-electron chi connectivity index (χ1n) is 4.42. The van der Waals surface area contributed by atoms with E-state index in [4.69, 9.17) is 0 Å². The van der Waals surface area contributed by atoms with Gasteiger partial charge in [0.2, 0.25) is 0 Å². The zero-order chi connectivity index (χ0) is 8.39. The van der Waals surface area contributed by atoms with Gasteiger partial charge in [-0.05, 0) is 24.3 Å². The molecule has 0 spiro atoms. The van der Waals surface area contributed by atoms with Gasteiger partial charge in [-0.15, -0.1) is 0 Å². The monoisotopic (exact) mass is 160 g/mol. The van der Waals surface area contributed by atoms with E-state index in [0.717, 1.165) is 6.29 Å². The van der Waals surface area contributed by atoms with Gasteiger partial charge in [-0.2, -0.15) is 0 Å². The lowest BCUT2D eigenvalue weighted by atomic mass is 9.96. The first-order valence-corrected chi connectivity index (χ1v) is 4.42. The molecule has 0 heterocycles. The smallest absolute Gasteiger partial charge is 0.127 e. The number of aldehydes is 1. The molecule has 1 heteroatoms. The van der Waals surface area contributed by atoms with Gasteiger partial charge in [-0.25, -0.2) is 0 Å². The second-order valence-corrected chi connectivity index (χ2v) is 3.41. The molecule has 0 saturated heterocycles. The van der Waals surface area contributed by atoms with E-state index in [1.165, 1.54) is 18.4 Å². The molecule has 62 valence electrons. The minimum Gasteiger partial charge on any atom is -0.303 e. The first kappa shape index (κ1) is 7.53. The molecule has 0 bridgehead atoms. The number of carbonyl (C=O) groups excluding carboxylic acids is 1. The van der Waals surface area contributed by atoms with E-state index in [-0.39, 0.29) is 5.92 Å². The number of hydrogen-bond donors (Lipinski definition) is 0. The Balaban J connectivity index is 2.21. The van der Waals surface area contributed by atoms with E-state index in [0.29, 0.717) is 5.92 Å². The summed E-state index contributed by atoms with van der Waals surface area (Å²) in [6.07, 6.45) is 3.53. The van der Waals surface area contributed by atoms with Crippen molar-refractivity contribution in [1.29, 1.82) is 0 Å². The molecular formula is C11H12O. The van der Waals surface area contributed by atoms with Crippen molar-refractivity contribution in [2.75, 3.05) is 0 Å². The molecule has 12 heavy (non-hydrogen) atoms. The zero-order valence-electron chi connectivity index (χ0n) is 6.94. The van der Waals surface area contributed by atoms with Gasteiger partial charge in [-0.3, -0.25) is 0 Å². The van der Waals surface area contributed by atoms with E-state index < -0.39 is 0 Å². The third-order valence-electron chi connectivity index (χ3n) is 2.46. The van der Waals surface area contributed by atoms with Gasteiger partial charge >= 0.3 is 0 Å². The van der Waals surface area contributed by atoms with Crippen LogP contribution in [-0.2, 0) is 4.79 Å². The molecule has 1 unspecified atom stereocenters. The van der Waals surface area contributed by atoms with Crippen LogP contribution in [0.5, 0.6) is 0 Å². The molecule has 0 N–H and O–H groups in total. The fraction of sp³-hybridized carbons (Fsp3) is 0.364. The van der Waals surface area contributed by atoms with Crippen LogP contribution >= 0.6 is 0 Å². The fourth-order valence-corrected chi connectivity index (χ4v) is 1.59. The summed E-state index contributed by atoms with van der Waals surface area (Å²) in [5.74, 6) is 0.788. The Labute approximate surface area is 72.4 Å². The number of benzene rings is 1. The summed E-state index contributed by atoms with van der Waals surface area (Å²) >= 11 is 0. The van der Waals surface area contributed by atoms with E-state index in [1.54, 1.807) is 0 Å². The highest BCUT2D eigenvalue weighted by Gasteiger charge is 2.31. The highest BCUT2D eigenvalue weighted by atomic mass is 16.1. The summed E-state index contributed by atoms with van der Waals surface area (Å²) in [7, 11) is 0. The Bertz CT molecular complexity index is 262. The van der Waals surface area contributed by atoms with Crippen LogP contribution in [0.25, 0.3) is 0 Å². The van der Waals surface area contributed by atoms with Gasteiger partial charge in [0.25, 0.3) is 0 Å². The highest BCUT2D eigenvalue weighted by Crippen LogP contribution is 2.41. The Kier molecular flexibility index (Phi) is 1.94. The third kappa shape index (κ3) is 1.40. The standard InChI is InChI=1S/C11H12O/c12-8-11(10-6-7-10)9-4-2-1-3-5-9/h1-5,8,10-11H,6-7H2. The average molecular weight is 160 g/mol. The van der Waals surface area contributed by atoms with Crippen LogP contribution in [0.1, 0.15) is 24.3 Å². The van der Waals surface area contributed by atoms with E-state index >= 15 is 0 Å². The molecule has 0 amide bonds. The molecule has 1 aliphatic rings. The zero-order valence-corrected chi connectivity index (χ0v) is 6.94. The molecule has 1 aliphatic carbocycles. The van der Waals surface area contributed by atoms with Crippen molar-refractivity contribution in [2.45, 2.75) is 18.8 Å². The van der Waals surface area contributed by atoms with Crippen LogP contribution < -0.4 is 0 Å². The summed E-state index contributed by atoms with van der Waals surface area (Å²) in [6.45, 7) is 0. The molecule has 1 aromatic rings. The molecule has 0 aromatic heterocycles. The first-order chi connectivity index (χ1) is 5.92. The maximum atomic E-state index is 10.8. The molecule has 0 aliphatic heterocycles. The third-order valence-corrected chi connectivity index (χ3v) is 2.46. The summed E-state index contributed by atoms with van der Waals surface area (Å²) < 4.78 is 0. The minimum absolute atomic E-state index is 0.159. The van der Waals surface area contributed by atoms with Crippen molar-refractivity contribution in [3.05, 3.63) is 35.9 Å². The lowest BCUT2D eigenvalue weighted by Crippen LogP contribution is -2.01. The second-order valence-electron chi connectivity index (χ2n) is 3.41. The molecular weight excluding hydrogens is 148 g/mol. The van der Waals surface area contributed by atoms with Crippen molar-refractivity contribution < 1.29 is 4.79 Å². The lowest BCUT2D eigenvalue weighted by Gasteiger charge is -2.07. The lowest BCUT2D eigenvalue weighted by molar-refractivity contribution is -0.109. The molecule has 1 aromatic carbocycles. The SMILES string of the molecule is O=CC(c1ccccc1)C1CC1. The largest absolute Gasteiger partial charge is 0.303 e. The Morgan fingerprint density at radius 3 is 2.42 bits per heavy atom. The summed E-state index contributed by atoms with van der Waals surface area (Å²) in [6, 6.07) is 10.1. The maximum Gasteiger partial charge on any atom is 0.127 e. The predicted molar refractivity (Wildman–Crippen MR) is 48.0 cm³/mol. The van der Waals surface area contributed by atoms with Gasteiger partial charge < -0.3 is 4.79 Å². The van der Waals surface area contributed by atoms with Crippen molar-refractivity contribution in [1.82, 2.24) is 0 Å². The molecule has 2 rings (SSSR count). The fourth-order valence-electron chi connectivity index (χ4n) is 1.59. The van der Waals surface area contributed by atoms with Crippen LogP contribution in [0, 0.1) is 5.92 Å². The van der Waals surface area contributed by atoms with Gasteiger partial charge in [0.05, 0.1) is 0 Å². The van der Waals surface area contributed by atoms with Crippen LogP contribution in [0.3, 0.4) is 0 Å². The summed E-state index contributed by atoms with van der Waals surface area (Å²) in [4.78, 5) is 10.8. The van der Waals surface area contributed by atoms with Gasteiger partial charge in [0.15, 0.2) is 0 Å². The highest BCUT2D eigenvalue weighted by molar-refractivity contribution is 5.63. The number of rotatable bonds is 3. The summed E-state index contributed by atoms with van der Waals surface area (Å²) in [5.41, 5.74) is 1.18. The quantitative estimate of drug-likeness (QED) is 0.620. The number of hydrogen-bond acceptors (Lipinski definition) is 1. The Morgan fingerprint density at radius 1 is 1.25 bits per heavy atom. The second kappa shape index (κ2) is 3.10. The van der Waals surface area contributed by atoms with Crippen LogP contribution in [0.2, 0.25) is 0 Å². The van der Waals surface area contributed by atoms with Gasteiger partial charge in [0, 0.05) is 5.92 Å². The summed E-state index contributed by atoms with van der Waals surface area (Å²) in [5, 5.41) is 0. The van der Waals surface area contributed by atoms with E-state index in [9.17, 15) is 4.79 Å². The Morgan fingerprint density at radius 2 is 1.92 bits per heavy atom.